The zero-order chi connectivity index (χ0) is 16.7. The maximum absolute atomic E-state index is 12.5. The second-order valence-electron chi connectivity index (χ2n) is 7.38. The number of guanidine groups is 1. The monoisotopic (exact) mass is 458 g/mol. The molecule has 2 saturated carbocycles. The van der Waals surface area contributed by atoms with Crippen LogP contribution in [0.1, 0.15) is 25.7 Å². The summed E-state index contributed by atoms with van der Waals surface area (Å²) in [5.74, 6) is 1.88. The van der Waals surface area contributed by atoms with Gasteiger partial charge in [-0.3, -0.25) is 14.5 Å². The molecule has 8 heteroatoms. The molecule has 2 aliphatic carbocycles. The van der Waals surface area contributed by atoms with Crippen molar-refractivity contribution in [2.24, 2.45) is 23.4 Å². The Kier molecular flexibility index (Phi) is 5.26. The zero-order valence-electron chi connectivity index (χ0n) is 14.9. The highest BCUT2D eigenvalue weighted by Crippen LogP contribution is 2.60. The fourth-order valence-electron chi connectivity index (χ4n) is 3.85. The minimum absolute atomic E-state index is 0. The van der Waals surface area contributed by atoms with Gasteiger partial charge in [-0.15, -0.1) is 24.0 Å². The summed E-state index contributed by atoms with van der Waals surface area (Å²) in [6, 6.07) is 0. The van der Waals surface area contributed by atoms with Gasteiger partial charge in [0.2, 0.25) is 5.91 Å². The first-order chi connectivity index (χ1) is 11.6. The standard InChI is InChI=1S/C17H26N6O.HI/c1-18-16(19-12-17(5-6-17)13-3-4-13)22-7-8-23(15(24)11-22)14-9-20-21(2)10-14;/h9-10,13H,3-8,11-12H2,1-2H3,(H,18,19);1H. The van der Waals surface area contributed by atoms with Crippen LogP contribution in [0.2, 0.25) is 0 Å². The molecule has 0 atom stereocenters. The first-order valence-corrected chi connectivity index (χ1v) is 8.86. The maximum Gasteiger partial charge on any atom is 0.246 e. The van der Waals surface area contributed by atoms with E-state index in [2.05, 4.69) is 20.3 Å². The van der Waals surface area contributed by atoms with Gasteiger partial charge in [0.25, 0.3) is 0 Å². The van der Waals surface area contributed by atoms with Crippen LogP contribution in [0, 0.1) is 11.3 Å². The van der Waals surface area contributed by atoms with Gasteiger partial charge in [0, 0.05) is 39.9 Å². The van der Waals surface area contributed by atoms with E-state index in [4.69, 9.17) is 0 Å². The maximum atomic E-state index is 12.5. The highest BCUT2D eigenvalue weighted by molar-refractivity contribution is 14.0. The quantitative estimate of drug-likeness (QED) is 0.422. The molecule has 4 rings (SSSR count). The number of nitrogens with one attached hydrogen (secondary N) is 1. The number of aromatic nitrogens is 2. The molecule has 3 fully saturated rings. The molecule has 3 aliphatic rings. The van der Waals surface area contributed by atoms with Crippen molar-refractivity contribution >= 4 is 41.5 Å². The predicted octanol–water partition coefficient (Wildman–Crippen LogP) is 1.45. The molecule has 0 bridgehead atoms. The average Bonchev–Trinajstić information content (AvgIpc) is 3.47. The van der Waals surface area contributed by atoms with Gasteiger partial charge in [-0.2, -0.15) is 5.10 Å². The third-order valence-corrected chi connectivity index (χ3v) is 5.67. The second kappa shape index (κ2) is 7.13. The van der Waals surface area contributed by atoms with Gasteiger partial charge in [0.1, 0.15) is 6.54 Å². The normalized spacial score (nSPS) is 22.6. The van der Waals surface area contributed by atoms with Crippen molar-refractivity contribution in [3.05, 3.63) is 12.4 Å². The molecule has 1 aromatic rings. The van der Waals surface area contributed by atoms with E-state index in [9.17, 15) is 4.79 Å². The lowest BCUT2D eigenvalue weighted by Crippen LogP contribution is -2.56. The van der Waals surface area contributed by atoms with Crippen LogP contribution in [0.3, 0.4) is 0 Å². The van der Waals surface area contributed by atoms with Crippen molar-refractivity contribution in [3.8, 4) is 0 Å². The Balaban J connectivity index is 0.00000182. The Morgan fingerprint density at radius 3 is 2.68 bits per heavy atom. The van der Waals surface area contributed by atoms with E-state index in [-0.39, 0.29) is 29.9 Å². The number of carbonyl (C=O) groups excluding carboxylic acids is 1. The van der Waals surface area contributed by atoms with Gasteiger partial charge in [-0.1, -0.05) is 0 Å². The number of carbonyl (C=O) groups is 1. The minimum atomic E-state index is 0. The first kappa shape index (κ1) is 18.5. The zero-order valence-corrected chi connectivity index (χ0v) is 17.3. The Morgan fingerprint density at radius 1 is 1.40 bits per heavy atom. The number of aliphatic imine (C=N–C) groups is 1. The molecule has 2 heterocycles. The third-order valence-electron chi connectivity index (χ3n) is 5.67. The highest BCUT2D eigenvalue weighted by atomic mass is 127. The molecule has 1 saturated heterocycles. The molecule has 25 heavy (non-hydrogen) atoms. The van der Waals surface area contributed by atoms with Crippen molar-refractivity contribution in [1.82, 2.24) is 20.0 Å². The summed E-state index contributed by atoms with van der Waals surface area (Å²) in [5, 5.41) is 7.69. The van der Waals surface area contributed by atoms with Gasteiger partial charge < -0.3 is 15.1 Å². The number of aryl methyl sites for hydroxylation is 1. The molecular formula is C17H27IN6O. The van der Waals surface area contributed by atoms with E-state index in [0.717, 1.165) is 30.7 Å². The summed E-state index contributed by atoms with van der Waals surface area (Å²) >= 11 is 0. The van der Waals surface area contributed by atoms with Crippen LogP contribution in [0.25, 0.3) is 0 Å². The number of hydrogen-bond donors (Lipinski definition) is 1. The summed E-state index contributed by atoms with van der Waals surface area (Å²) in [6.07, 6.45) is 9.09. The molecule has 7 nitrogen and oxygen atoms in total. The largest absolute Gasteiger partial charge is 0.356 e. The lowest BCUT2D eigenvalue weighted by atomic mass is 10.0. The molecule has 0 radical (unpaired) electrons. The van der Waals surface area contributed by atoms with E-state index >= 15 is 0 Å². The second-order valence-corrected chi connectivity index (χ2v) is 7.38. The van der Waals surface area contributed by atoms with E-state index in [1.807, 2.05) is 18.1 Å². The lowest BCUT2D eigenvalue weighted by molar-refractivity contribution is -0.120. The predicted molar refractivity (Wildman–Crippen MR) is 108 cm³/mol. The summed E-state index contributed by atoms with van der Waals surface area (Å²) in [5.41, 5.74) is 1.40. The molecule has 0 aromatic carbocycles. The number of anilines is 1. The van der Waals surface area contributed by atoms with E-state index in [1.54, 1.807) is 17.9 Å². The van der Waals surface area contributed by atoms with Crippen LogP contribution in [0.15, 0.2) is 17.4 Å². The van der Waals surface area contributed by atoms with Gasteiger partial charge in [-0.05, 0) is 37.0 Å². The Bertz CT molecular complexity index is 664. The van der Waals surface area contributed by atoms with Crippen LogP contribution in [0.4, 0.5) is 5.69 Å². The molecule has 1 amide bonds. The van der Waals surface area contributed by atoms with Gasteiger partial charge in [-0.25, -0.2) is 0 Å². The minimum Gasteiger partial charge on any atom is -0.356 e. The Hall–Kier alpha value is -1.32. The lowest BCUT2D eigenvalue weighted by Gasteiger charge is -2.35. The smallest absolute Gasteiger partial charge is 0.246 e. The molecule has 0 unspecified atom stereocenters. The highest BCUT2D eigenvalue weighted by Gasteiger charge is 2.53. The number of amides is 1. The van der Waals surface area contributed by atoms with Gasteiger partial charge >= 0.3 is 0 Å². The number of rotatable bonds is 4. The fraction of sp³-hybridized carbons (Fsp3) is 0.706. The van der Waals surface area contributed by atoms with Crippen LogP contribution < -0.4 is 10.2 Å². The van der Waals surface area contributed by atoms with Gasteiger partial charge in [0.05, 0.1) is 11.9 Å². The number of piperazine rings is 1. The number of hydrogen-bond acceptors (Lipinski definition) is 3. The Morgan fingerprint density at radius 2 is 2.16 bits per heavy atom. The third kappa shape index (κ3) is 3.78. The molecular weight excluding hydrogens is 431 g/mol. The molecule has 1 aliphatic heterocycles. The fourth-order valence-corrected chi connectivity index (χ4v) is 3.85. The van der Waals surface area contributed by atoms with E-state index < -0.39 is 0 Å². The van der Waals surface area contributed by atoms with E-state index in [0.29, 0.717) is 18.5 Å². The first-order valence-electron chi connectivity index (χ1n) is 8.86. The molecule has 1 aromatic heterocycles. The SMILES string of the molecule is CN=C(NCC1(C2CC2)CC1)N1CCN(c2cnn(C)c2)C(=O)C1.I. The van der Waals surface area contributed by atoms with Crippen LogP contribution >= 0.6 is 24.0 Å². The average molecular weight is 458 g/mol. The van der Waals surface area contributed by atoms with Crippen molar-refractivity contribution in [3.63, 3.8) is 0 Å². The van der Waals surface area contributed by atoms with Crippen LogP contribution in [-0.2, 0) is 11.8 Å². The van der Waals surface area contributed by atoms with Crippen LogP contribution in [0.5, 0.6) is 0 Å². The van der Waals surface area contributed by atoms with E-state index in [1.165, 1.54) is 25.7 Å². The molecule has 138 valence electrons. The summed E-state index contributed by atoms with van der Waals surface area (Å²) in [6.45, 7) is 2.82. The molecule has 0 spiro atoms. The summed E-state index contributed by atoms with van der Waals surface area (Å²) < 4.78 is 1.72. The van der Waals surface area contributed by atoms with Crippen molar-refractivity contribution < 1.29 is 4.79 Å². The number of halogens is 1. The van der Waals surface area contributed by atoms with Crippen molar-refractivity contribution in [1.29, 1.82) is 0 Å². The summed E-state index contributed by atoms with van der Waals surface area (Å²) in [7, 11) is 3.67. The van der Waals surface area contributed by atoms with Crippen LogP contribution in [-0.4, -0.2) is 59.8 Å². The van der Waals surface area contributed by atoms with Gasteiger partial charge in [0.15, 0.2) is 5.96 Å². The topological polar surface area (TPSA) is 65.8 Å². The summed E-state index contributed by atoms with van der Waals surface area (Å²) in [4.78, 5) is 20.8. The van der Waals surface area contributed by atoms with Crippen molar-refractivity contribution in [2.45, 2.75) is 25.7 Å². The number of nitrogens with zero attached hydrogens (tertiary/aromatic N) is 5. The molecule has 1 N–H and O–H groups in total. The van der Waals surface area contributed by atoms with Crippen molar-refractivity contribution in [2.75, 3.05) is 38.1 Å². The Labute approximate surface area is 165 Å².